The fourth-order valence-electron chi connectivity index (χ4n) is 5.44. The molecule has 0 aliphatic carbocycles. The SMILES string of the molecule is CS(=O)(=O)NCc1cc(F)cc(-c2nccc3[nH]c(-c4[nH]nc5c(F)cc(-c6cncc(NC(=O)Cc7ccccc7)c6)cc45)nc23)c1. The van der Waals surface area contributed by atoms with Crippen molar-refractivity contribution < 1.29 is 22.0 Å². The molecular weight excluding hydrogens is 638 g/mol. The normalized spacial score (nSPS) is 11.7. The minimum atomic E-state index is -3.49. The van der Waals surface area contributed by atoms with Crippen LogP contribution in [0.3, 0.4) is 0 Å². The first-order chi connectivity index (χ1) is 23.1. The van der Waals surface area contributed by atoms with E-state index in [9.17, 15) is 17.6 Å². The number of rotatable bonds is 9. The number of carbonyl (C=O) groups is 1. The van der Waals surface area contributed by atoms with Crippen molar-refractivity contribution in [2.75, 3.05) is 11.6 Å². The van der Waals surface area contributed by atoms with E-state index in [2.05, 4.69) is 35.2 Å². The molecule has 0 spiro atoms. The van der Waals surface area contributed by atoms with E-state index >= 15 is 4.39 Å². The zero-order valence-electron chi connectivity index (χ0n) is 25.3. The molecule has 7 aromatic rings. The van der Waals surface area contributed by atoms with Crippen LogP contribution in [-0.2, 0) is 27.8 Å². The number of carbonyl (C=O) groups excluding carboxylic acids is 1. The van der Waals surface area contributed by atoms with E-state index in [0.29, 0.717) is 61.6 Å². The standard InChI is InChI=1S/C34H26F2N8O3S/c1-48(46,47)39-16-20-9-22(12-24(35)10-20)30-33-28(7-8-38-30)41-34(42-33)32-26-14-21(15-27(36)31(26)43-44-32)23-13-25(18-37-17-23)40-29(45)11-19-5-3-2-4-6-19/h2-10,12-15,17-18,39H,11,16H2,1H3,(H,40,45)(H,41,42)(H,43,44). The summed E-state index contributed by atoms with van der Waals surface area (Å²) in [5.41, 5.74) is 5.08. The summed E-state index contributed by atoms with van der Waals surface area (Å²) < 4.78 is 55.6. The first-order valence-corrected chi connectivity index (χ1v) is 16.6. The Morgan fingerprint density at radius 1 is 0.896 bits per heavy atom. The third-order valence-corrected chi connectivity index (χ3v) is 8.25. The first kappa shape index (κ1) is 30.8. The topological polar surface area (TPSA) is 158 Å². The molecule has 7 rings (SSSR count). The molecule has 0 fully saturated rings. The predicted octanol–water partition coefficient (Wildman–Crippen LogP) is 5.74. The van der Waals surface area contributed by atoms with Gasteiger partial charge in [0, 0.05) is 35.5 Å². The number of anilines is 1. The van der Waals surface area contributed by atoms with Crippen LogP contribution in [-0.4, -0.2) is 50.7 Å². The summed E-state index contributed by atoms with van der Waals surface area (Å²) in [7, 11) is -3.49. The van der Waals surface area contributed by atoms with Crippen molar-refractivity contribution in [3.05, 3.63) is 114 Å². The Bertz CT molecular complexity index is 2450. The van der Waals surface area contributed by atoms with Crippen LogP contribution in [0.25, 0.3) is 55.8 Å². The van der Waals surface area contributed by atoms with Crippen molar-refractivity contribution >= 4 is 43.6 Å². The third kappa shape index (κ3) is 6.52. The van der Waals surface area contributed by atoms with Gasteiger partial charge in [0.25, 0.3) is 0 Å². The number of nitrogens with zero attached hydrogens (tertiary/aromatic N) is 4. The van der Waals surface area contributed by atoms with Gasteiger partial charge in [0.15, 0.2) is 11.6 Å². The lowest BCUT2D eigenvalue weighted by molar-refractivity contribution is -0.115. The lowest BCUT2D eigenvalue weighted by Crippen LogP contribution is -2.21. The van der Waals surface area contributed by atoms with E-state index in [4.69, 9.17) is 4.98 Å². The maximum Gasteiger partial charge on any atom is 0.228 e. The van der Waals surface area contributed by atoms with Crippen molar-refractivity contribution in [1.82, 2.24) is 34.9 Å². The van der Waals surface area contributed by atoms with Crippen LogP contribution in [0.4, 0.5) is 14.5 Å². The van der Waals surface area contributed by atoms with E-state index in [1.165, 1.54) is 24.4 Å². The number of nitrogens with one attached hydrogen (secondary N) is 4. The molecule has 0 aliphatic rings. The van der Waals surface area contributed by atoms with Gasteiger partial charge < -0.3 is 10.3 Å². The summed E-state index contributed by atoms with van der Waals surface area (Å²) in [4.78, 5) is 29.3. The van der Waals surface area contributed by atoms with E-state index in [1.807, 2.05) is 30.3 Å². The van der Waals surface area contributed by atoms with Crippen molar-refractivity contribution in [3.63, 3.8) is 0 Å². The number of hydrogen-bond acceptors (Lipinski definition) is 7. The van der Waals surface area contributed by atoms with E-state index < -0.39 is 21.7 Å². The average Bonchev–Trinajstić information content (AvgIpc) is 3.68. The number of aromatic nitrogens is 6. The fraction of sp³-hybridized carbons (Fsp3) is 0.0882. The van der Waals surface area contributed by atoms with Crippen LogP contribution in [0.1, 0.15) is 11.1 Å². The number of H-pyrrole nitrogens is 2. The number of halogens is 2. The smallest absolute Gasteiger partial charge is 0.228 e. The van der Waals surface area contributed by atoms with Crippen molar-refractivity contribution in [2.24, 2.45) is 0 Å². The van der Waals surface area contributed by atoms with Gasteiger partial charge in [-0.25, -0.2) is 26.9 Å². The van der Waals surface area contributed by atoms with Crippen LogP contribution in [0.5, 0.6) is 0 Å². The van der Waals surface area contributed by atoms with E-state index in [-0.39, 0.29) is 24.4 Å². The number of pyridine rings is 2. The summed E-state index contributed by atoms with van der Waals surface area (Å²) >= 11 is 0. The third-order valence-electron chi connectivity index (χ3n) is 7.58. The number of amides is 1. The van der Waals surface area contributed by atoms with Gasteiger partial charge in [-0.05, 0) is 59.2 Å². The molecule has 0 radical (unpaired) electrons. The highest BCUT2D eigenvalue weighted by molar-refractivity contribution is 7.88. The molecule has 14 heteroatoms. The molecule has 0 unspecified atom stereocenters. The molecular formula is C34H26F2N8O3S. The van der Waals surface area contributed by atoms with Gasteiger partial charge in [-0.3, -0.25) is 19.9 Å². The van der Waals surface area contributed by atoms with Gasteiger partial charge in [0.05, 0.1) is 35.8 Å². The lowest BCUT2D eigenvalue weighted by Gasteiger charge is -2.08. The van der Waals surface area contributed by atoms with Crippen LogP contribution >= 0.6 is 0 Å². The predicted molar refractivity (Wildman–Crippen MR) is 178 cm³/mol. The Labute approximate surface area is 272 Å². The van der Waals surface area contributed by atoms with E-state index in [0.717, 1.165) is 11.8 Å². The molecule has 11 nitrogen and oxygen atoms in total. The van der Waals surface area contributed by atoms with Gasteiger partial charge in [0.2, 0.25) is 15.9 Å². The van der Waals surface area contributed by atoms with Crippen LogP contribution in [0, 0.1) is 11.6 Å². The largest absolute Gasteiger partial charge is 0.337 e. The van der Waals surface area contributed by atoms with E-state index in [1.54, 1.807) is 36.7 Å². The quantitative estimate of drug-likeness (QED) is 0.153. The fourth-order valence-corrected chi connectivity index (χ4v) is 5.87. The molecule has 4 aromatic heterocycles. The highest BCUT2D eigenvalue weighted by Gasteiger charge is 2.19. The van der Waals surface area contributed by atoms with Gasteiger partial charge in [0.1, 0.15) is 22.5 Å². The highest BCUT2D eigenvalue weighted by Crippen LogP contribution is 2.34. The molecule has 4 heterocycles. The molecule has 0 atom stereocenters. The van der Waals surface area contributed by atoms with Gasteiger partial charge >= 0.3 is 0 Å². The number of sulfonamides is 1. The monoisotopic (exact) mass is 664 g/mol. The number of fused-ring (bicyclic) bond motifs is 2. The molecule has 0 saturated carbocycles. The second-order valence-electron chi connectivity index (χ2n) is 11.2. The maximum absolute atomic E-state index is 15.4. The zero-order valence-corrected chi connectivity index (χ0v) is 26.1. The van der Waals surface area contributed by atoms with Gasteiger partial charge in [-0.2, -0.15) is 5.10 Å². The molecule has 0 aliphatic heterocycles. The second kappa shape index (κ2) is 12.4. The lowest BCUT2D eigenvalue weighted by atomic mass is 10.0. The molecule has 48 heavy (non-hydrogen) atoms. The average molecular weight is 665 g/mol. The summed E-state index contributed by atoms with van der Waals surface area (Å²) in [6.45, 7) is -0.0993. The Kier molecular flexibility index (Phi) is 7.94. The second-order valence-corrected chi connectivity index (χ2v) is 13.0. The molecule has 1 amide bonds. The Morgan fingerprint density at radius 2 is 1.73 bits per heavy atom. The van der Waals surface area contributed by atoms with Crippen molar-refractivity contribution in [2.45, 2.75) is 13.0 Å². The molecule has 240 valence electrons. The summed E-state index contributed by atoms with van der Waals surface area (Å²) in [6, 6.07) is 20.0. The zero-order chi connectivity index (χ0) is 33.4. The summed E-state index contributed by atoms with van der Waals surface area (Å²) in [5, 5.41) is 10.4. The van der Waals surface area contributed by atoms with Gasteiger partial charge in [-0.1, -0.05) is 30.3 Å². The molecule has 4 N–H and O–H groups in total. The minimum Gasteiger partial charge on any atom is -0.337 e. The van der Waals surface area contributed by atoms with Crippen LogP contribution < -0.4 is 10.0 Å². The Balaban J connectivity index is 1.22. The number of hydrogen-bond donors (Lipinski definition) is 4. The Hall–Kier alpha value is -5.86. The Morgan fingerprint density at radius 3 is 2.54 bits per heavy atom. The maximum atomic E-state index is 15.4. The molecule has 0 bridgehead atoms. The number of aromatic amines is 2. The minimum absolute atomic E-state index is 0.0981. The van der Waals surface area contributed by atoms with Crippen molar-refractivity contribution in [3.8, 4) is 33.9 Å². The van der Waals surface area contributed by atoms with Crippen molar-refractivity contribution in [1.29, 1.82) is 0 Å². The number of imidazole rings is 1. The number of benzene rings is 3. The summed E-state index contributed by atoms with van der Waals surface area (Å²) in [6.07, 6.45) is 5.86. The van der Waals surface area contributed by atoms with Gasteiger partial charge in [-0.15, -0.1) is 0 Å². The summed E-state index contributed by atoms with van der Waals surface area (Å²) in [5.74, 6) is -1.01. The highest BCUT2D eigenvalue weighted by atomic mass is 32.2. The molecule has 0 saturated heterocycles. The first-order valence-electron chi connectivity index (χ1n) is 14.7. The molecule has 3 aromatic carbocycles. The van der Waals surface area contributed by atoms with Crippen LogP contribution in [0.15, 0.2) is 91.4 Å². The van der Waals surface area contributed by atoms with Crippen LogP contribution in [0.2, 0.25) is 0 Å².